The Morgan fingerprint density at radius 1 is 1.47 bits per heavy atom. The van der Waals surface area contributed by atoms with Crippen molar-refractivity contribution in [3.63, 3.8) is 0 Å². The van der Waals surface area contributed by atoms with Gasteiger partial charge >= 0.3 is 0 Å². The summed E-state index contributed by atoms with van der Waals surface area (Å²) in [5.41, 5.74) is 0. The van der Waals surface area contributed by atoms with E-state index in [0.717, 1.165) is 4.88 Å². The van der Waals surface area contributed by atoms with E-state index in [1.165, 1.54) is 18.3 Å². The number of halogens is 1. The van der Waals surface area contributed by atoms with Gasteiger partial charge in [0.2, 0.25) is 10.0 Å². The lowest BCUT2D eigenvalue weighted by atomic mass is 10.2. The molecule has 1 atom stereocenters. The number of sulfonamides is 1. The van der Waals surface area contributed by atoms with Crippen LogP contribution in [0.1, 0.15) is 11.8 Å². The van der Waals surface area contributed by atoms with Crippen molar-refractivity contribution in [3.05, 3.63) is 45.9 Å². The van der Waals surface area contributed by atoms with Crippen molar-refractivity contribution in [3.8, 4) is 0 Å². The van der Waals surface area contributed by atoms with E-state index >= 15 is 0 Å². The van der Waals surface area contributed by atoms with Crippen LogP contribution in [-0.4, -0.2) is 19.4 Å². The molecule has 2 heterocycles. The molecule has 19 heavy (non-hydrogen) atoms. The molecule has 0 amide bonds. The normalized spacial score (nSPS) is 13.4. The Kier molecular flexibility index (Phi) is 4.57. The maximum absolute atomic E-state index is 12.1. The van der Waals surface area contributed by atoms with Crippen molar-refractivity contribution in [2.24, 2.45) is 0 Å². The van der Waals surface area contributed by atoms with Gasteiger partial charge in [0.25, 0.3) is 0 Å². The first kappa shape index (κ1) is 14.5. The van der Waals surface area contributed by atoms with Crippen LogP contribution >= 0.6 is 22.9 Å². The van der Waals surface area contributed by atoms with Crippen molar-refractivity contribution < 1.29 is 8.42 Å². The number of hydrogen-bond acceptors (Lipinski definition) is 4. The van der Waals surface area contributed by atoms with E-state index in [-0.39, 0.29) is 16.1 Å². The molecule has 1 unspecified atom stereocenters. The highest BCUT2D eigenvalue weighted by Gasteiger charge is 2.18. The van der Waals surface area contributed by atoms with E-state index in [1.54, 1.807) is 11.3 Å². The summed E-state index contributed by atoms with van der Waals surface area (Å²) in [6.45, 7) is 1.83. The predicted molar refractivity (Wildman–Crippen MR) is 77.1 cm³/mol. The van der Waals surface area contributed by atoms with Gasteiger partial charge in [0.15, 0.2) is 0 Å². The Bertz CT molecular complexity index is 642. The smallest absolute Gasteiger partial charge is 0.240 e. The molecule has 0 bridgehead atoms. The number of thiophene rings is 1. The minimum Gasteiger partial charge on any atom is -0.244 e. The zero-order valence-corrected chi connectivity index (χ0v) is 12.6. The van der Waals surface area contributed by atoms with Crippen LogP contribution in [0.15, 0.2) is 40.7 Å². The summed E-state index contributed by atoms with van der Waals surface area (Å²) in [7, 11) is -3.56. The molecule has 0 fully saturated rings. The molecular formula is C12H13ClN2O2S2. The number of nitrogens with one attached hydrogen (secondary N) is 1. The quantitative estimate of drug-likeness (QED) is 0.863. The van der Waals surface area contributed by atoms with Crippen LogP contribution in [0.2, 0.25) is 5.15 Å². The fraction of sp³-hybridized carbons (Fsp3) is 0.250. The van der Waals surface area contributed by atoms with Crippen molar-refractivity contribution in [1.29, 1.82) is 0 Å². The molecule has 2 aromatic heterocycles. The zero-order valence-electron chi connectivity index (χ0n) is 10.2. The van der Waals surface area contributed by atoms with Crippen molar-refractivity contribution in [2.75, 3.05) is 0 Å². The molecule has 0 aliphatic carbocycles. The summed E-state index contributed by atoms with van der Waals surface area (Å²) in [4.78, 5) is 5.04. The van der Waals surface area contributed by atoms with Crippen LogP contribution in [0.3, 0.4) is 0 Å². The van der Waals surface area contributed by atoms with Crippen molar-refractivity contribution >= 4 is 33.0 Å². The number of pyridine rings is 1. The maximum Gasteiger partial charge on any atom is 0.240 e. The Balaban J connectivity index is 2.09. The Morgan fingerprint density at radius 2 is 2.26 bits per heavy atom. The molecule has 0 aromatic carbocycles. The van der Waals surface area contributed by atoms with Crippen LogP contribution < -0.4 is 4.72 Å². The van der Waals surface area contributed by atoms with E-state index in [9.17, 15) is 8.42 Å². The lowest BCUT2D eigenvalue weighted by Crippen LogP contribution is -2.33. The second-order valence-corrected chi connectivity index (χ2v) is 7.25. The van der Waals surface area contributed by atoms with E-state index in [2.05, 4.69) is 9.71 Å². The SMILES string of the molecule is CC(Cc1cccs1)NS(=O)(=O)c1ccnc(Cl)c1. The van der Waals surface area contributed by atoms with Gasteiger partial charge in [-0.05, 0) is 36.9 Å². The van der Waals surface area contributed by atoms with Gasteiger partial charge < -0.3 is 0 Å². The molecular weight excluding hydrogens is 304 g/mol. The van der Waals surface area contributed by atoms with E-state index in [1.807, 2.05) is 24.4 Å². The fourth-order valence-electron chi connectivity index (χ4n) is 1.66. The van der Waals surface area contributed by atoms with Gasteiger partial charge in [0, 0.05) is 17.1 Å². The highest BCUT2D eigenvalue weighted by molar-refractivity contribution is 7.89. The zero-order chi connectivity index (χ0) is 13.9. The molecule has 1 N–H and O–H groups in total. The molecule has 2 rings (SSSR count). The number of hydrogen-bond donors (Lipinski definition) is 1. The number of aromatic nitrogens is 1. The summed E-state index contributed by atoms with van der Waals surface area (Å²) in [6, 6.07) is 6.51. The lowest BCUT2D eigenvalue weighted by Gasteiger charge is -2.13. The topological polar surface area (TPSA) is 59.1 Å². The molecule has 0 aliphatic rings. The minimum absolute atomic E-state index is 0.130. The Morgan fingerprint density at radius 3 is 2.89 bits per heavy atom. The molecule has 0 radical (unpaired) electrons. The third-order valence-corrected chi connectivity index (χ3v) is 5.14. The van der Waals surface area contributed by atoms with Gasteiger partial charge in [0.1, 0.15) is 5.15 Å². The monoisotopic (exact) mass is 316 g/mol. The largest absolute Gasteiger partial charge is 0.244 e. The summed E-state index contributed by atoms with van der Waals surface area (Å²) >= 11 is 7.31. The molecule has 0 spiro atoms. The highest BCUT2D eigenvalue weighted by Crippen LogP contribution is 2.15. The van der Waals surface area contributed by atoms with E-state index in [0.29, 0.717) is 6.42 Å². The number of rotatable bonds is 5. The second-order valence-electron chi connectivity index (χ2n) is 4.12. The third kappa shape index (κ3) is 4.01. The molecule has 0 saturated heterocycles. The Labute approximate surface area is 121 Å². The van der Waals surface area contributed by atoms with E-state index < -0.39 is 10.0 Å². The van der Waals surface area contributed by atoms with Crippen LogP contribution in [0.25, 0.3) is 0 Å². The molecule has 0 aliphatic heterocycles. The molecule has 102 valence electrons. The lowest BCUT2D eigenvalue weighted by molar-refractivity contribution is 0.560. The molecule has 4 nitrogen and oxygen atoms in total. The first-order valence-electron chi connectivity index (χ1n) is 5.63. The minimum atomic E-state index is -3.56. The molecule has 7 heteroatoms. The Hall–Kier alpha value is -0.950. The van der Waals surface area contributed by atoms with Gasteiger partial charge in [-0.2, -0.15) is 0 Å². The maximum atomic E-state index is 12.1. The summed E-state index contributed by atoms with van der Waals surface area (Å²) in [5, 5.41) is 2.13. The summed E-state index contributed by atoms with van der Waals surface area (Å²) in [6.07, 6.45) is 2.04. The fourth-order valence-corrected chi connectivity index (χ4v) is 3.99. The third-order valence-electron chi connectivity index (χ3n) is 2.45. The van der Waals surface area contributed by atoms with Crippen LogP contribution in [-0.2, 0) is 16.4 Å². The molecule has 0 saturated carbocycles. The van der Waals surface area contributed by atoms with Crippen molar-refractivity contribution in [2.45, 2.75) is 24.3 Å². The number of nitrogens with zero attached hydrogens (tertiary/aromatic N) is 1. The van der Waals surface area contributed by atoms with Crippen LogP contribution in [0, 0.1) is 0 Å². The first-order valence-corrected chi connectivity index (χ1v) is 8.38. The van der Waals surface area contributed by atoms with Crippen LogP contribution in [0.4, 0.5) is 0 Å². The molecule has 2 aromatic rings. The van der Waals surface area contributed by atoms with Crippen LogP contribution in [0.5, 0.6) is 0 Å². The highest BCUT2D eigenvalue weighted by atomic mass is 35.5. The average molecular weight is 317 g/mol. The van der Waals surface area contributed by atoms with Crippen molar-refractivity contribution in [1.82, 2.24) is 9.71 Å². The first-order chi connectivity index (χ1) is 8.97. The van der Waals surface area contributed by atoms with Gasteiger partial charge in [-0.1, -0.05) is 17.7 Å². The average Bonchev–Trinajstić information content (AvgIpc) is 2.81. The van der Waals surface area contributed by atoms with E-state index in [4.69, 9.17) is 11.6 Å². The van der Waals surface area contributed by atoms with Gasteiger partial charge in [0.05, 0.1) is 4.90 Å². The summed E-state index contributed by atoms with van der Waals surface area (Å²) in [5.74, 6) is 0. The van der Waals surface area contributed by atoms with Gasteiger partial charge in [-0.15, -0.1) is 11.3 Å². The predicted octanol–water partition coefficient (Wildman–Crippen LogP) is 2.71. The standard InChI is InChI=1S/C12H13ClN2O2S2/c1-9(7-10-3-2-6-18-10)15-19(16,17)11-4-5-14-12(13)8-11/h2-6,8-9,15H,7H2,1H3. The van der Waals surface area contributed by atoms with Gasteiger partial charge in [-0.25, -0.2) is 18.1 Å². The summed E-state index contributed by atoms with van der Waals surface area (Å²) < 4.78 is 26.9. The van der Waals surface area contributed by atoms with Gasteiger partial charge in [-0.3, -0.25) is 0 Å². The second kappa shape index (κ2) is 6.00.